The molecule has 124 valence electrons. The summed E-state index contributed by atoms with van der Waals surface area (Å²) >= 11 is 1.48. The lowest BCUT2D eigenvalue weighted by molar-refractivity contribution is -0.407. The summed E-state index contributed by atoms with van der Waals surface area (Å²) in [4.78, 5) is 30.9. The van der Waals surface area contributed by atoms with Gasteiger partial charge in [-0.25, -0.2) is 9.18 Å². The Kier molecular flexibility index (Phi) is 4.36. The summed E-state index contributed by atoms with van der Waals surface area (Å²) in [5.41, 5.74) is 1.72. The van der Waals surface area contributed by atoms with E-state index in [2.05, 4.69) is 4.99 Å². The second kappa shape index (κ2) is 6.32. The van der Waals surface area contributed by atoms with Gasteiger partial charge in [0.05, 0.1) is 14.1 Å². The average molecular weight is 346 g/mol. The maximum Gasteiger partial charge on any atom is 0.445 e. The molecule has 3 rings (SSSR count). The van der Waals surface area contributed by atoms with Crippen molar-refractivity contribution in [1.82, 2.24) is 4.90 Å². The van der Waals surface area contributed by atoms with Crippen LogP contribution in [0.3, 0.4) is 0 Å². The summed E-state index contributed by atoms with van der Waals surface area (Å²) in [6, 6.07) is 6.00. The lowest BCUT2D eigenvalue weighted by Crippen LogP contribution is -2.52. The average Bonchev–Trinajstić information content (AvgIpc) is 2.56. The molecule has 0 saturated heterocycles. The van der Waals surface area contributed by atoms with Crippen molar-refractivity contribution in [2.75, 3.05) is 14.1 Å². The minimum Gasteiger partial charge on any atom is -0.255 e. The van der Waals surface area contributed by atoms with Crippen LogP contribution in [0, 0.1) is 11.7 Å². The fraction of sp³-hybridized carbons (Fsp3) is 0.294. The molecule has 0 aromatic heterocycles. The molecule has 2 aliphatic rings. The molecular weight excluding hydrogens is 329 g/mol. The number of dihydropyridines is 1. The first-order chi connectivity index (χ1) is 11.4. The van der Waals surface area contributed by atoms with Crippen molar-refractivity contribution in [3.05, 3.63) is 46.1 Å². The maximum absolute atomic E-state index is 13.3. The van der Waals surface area contributed by atoms with Gasteiger partial charge in [-0.15, -0.1) is 16.8 Å². The van der Waals surface area contributed by atoms with Crippen molar-refractivity contribution in [2.45, 2.75) is 12.7 Å². The van der Waals surface area contributed by atoms with Gasteiger partial charge in [-0.3, -0.25) is 4.79 Å². The highest BCUT2D eigenvalue weighted by atomic mass is 32.2. The van der Waals surface area contributed by atoms with Gasteiger partial charge in [-0.05, 0) is 30.2 Å². The van der Waals surface area contributed by atoms with E-state index in [1.54, 1.807) is 19.3 Å². The van der Waals surface area contributed by atoms with E-state index >= 15 is 0 Å². The second-order valence-corrected chi connectivity index (χ2v) is 6.77. The van der Waals surface area contributed by atoms with Crippen LogP contribution in [0.4, 0.5) is 9.18 Å². The highest BCUT2D eigenvalue weighted by molar-refractivity contribution is 8.02. The Balaban J connectivity index is 1.93. The Labute approximate surface area is 143 Å². The summed E-state index contributed by atoms with van der Waals surface area (Å²) in [5.74, 6) is -0.172. The zero-order valence-electron chi connectivity index (χ0n) is 13.6. The van der Waals surface area contributed by atoms with Crippen LogP contribution in [0.5, 0.6) is 0 Å². The smallest absolute Gasteiger partial charge is 0.255 e. The van der Waals surface area contributed by atoms with E-state index < -0.39 is 11.9 Å². The molecule has 0 aliphatic carbocycles. The molecule has 1 aromatic carbocycles. The number of thioether (sulfide) groups is 1. The molecule has 0 radical (unpaired) electrons. The summed E-state index contributed by atoms with van der Waals surface area (Å²) in [6.45, 7) is 1.89. The van der Waals surface area contributed by atoms with Crippen LogP contribution in [0.2, 0.25) is 0 Å². The first kappa shape index (κ1) is 16.6. The van der Waals surface area contributed by atoms with Gasteiger partial charge in [0, 0.05) is 10.7 Å². The molecule has 24 heavy (non-hydrogen) atoms. The van der Waals surface area contributed by atoms with Crippen LogP contribution >= 0.6 is 11.8 Å². The van der Waals surface area contributed by atoms with Crippen molar-refractivity contribution >= 4 is 35.8 Å². The second-order valence-electron chi connectivity index (χ2n) is 5.75. The number of hydrogen-bond donors (Lipinski definition) is 0. The number of hydrogen-bond acceptors (Lipinski definition) is 4. The first-order valence-corrected chi connectivity index (χ1v) is 8.43. The number of urea groups is 1. The Bertz CT molecular complexity index is 829. The predicted octanol–water partition coefficient (Wildman–Crippen LogP) is 2.67. The van der Waals surface area contributed by atoms with E-state index in [0.29, 0.717) is 11.6 Å². The molecule has 7 heteroatoms. The fourth-order valence-corrected chi connectivity index (χ4v) is 3.90. The fourth-order valence-electron chi connectivity index (χ4n) is 2.74. The third kappa shape index (κ3) is 2.80. The van der Waals surface area contributed by atoms with Gasteiger partial charge in [0.25, 0.3) is 5.84 Å². The van der Waals surface area contributed by atoms with Gasteiger partial charge in [0.1, 0.15) is 12.0 Å². The summed E-state index contributed by atoms with van der Waals surface area (Å²) in [5, 5.41) is 0. The third-order valence-corrected chi connectivity index (χ3v) is 5.42. The molecule has 2 heterocycles. The molecule has 1 aromatic rings. The van der Waals surface area contributed by atoms with E-state index in [4.69, 9.17) is 0 Å². The molecule has 0 N–H and O–H groups in total. The number of aliphatic imine (C=N–C) groups is 1. The van der Waals surface area contributed by atoms with Crippen LogP contribution in [0.1, 0.15) is 12.5 Å². The number of nitrogens with zero attached hydrogens (tertiary/aromatic N) is 3. The molecule has 3 amide bonds. The van der Waals surface area contributed by atoms with Crippen LogP contribution in [0.15, 0.2) is 39.7 Å². The van der Waals surface area contributed by atoms with Crippen LogP contribution in [-0.4, -0.2) is 47.6 Å². The number of carbonyl (C=O) groups is 2. The van der Waals surface area contributed by atoms with Gasteiger partial charge in [0.15, 0.2) is 5.92 Å². The molecule has 0 fully saturated rings. The topological polar surface area (TPSA) is 52.8 Å². The Morgan fingerprint density at radius 3 is 2.83 bits per heavy atom. The lowest BCUT2D eigenvalue weighted by atomic mass is 9.99. The lowest BCUT2D eigenvalue weighted by Gasteiger charge is -2.27. The van der Waals surface area contributed by atoms with Crippen LogP contribution in [-0.2, 0) is 10.5 Å². The van der Waals surface area contributed by atoms with E-state index in [1.165, 1.54) is 35.5 Å². The molecule has 0 saturated carbocycles. The van der Waals surface area contributed by atoms with E-state index in [0.717, 1.165) is 20.9 Å². The molecule has 0 bridgehead atoms. The molecule has 1 atom stereocenters. The molecular formula is C17H17FN3O2S+. The number of benzene rings is 1. The van der Waals surface area contributed by atoms with E-state index in [-0.39, 0.29) is 11.7 Å². The van der Waals surface area contributed by atoms with Crippen LogP contribution in [0.25, 0.3) is 0 Å². The monoisotopic (exact) mass is 346 g/mol. The summed E-state index contributed by atoms with van der Waals surface area (Å²) in [7, 11) is 3.08. The molecule has 0 spiro atoms. The normalized spacial score (nSPS) is 20.8. The molecule has 2 aliphatic heterocycles. The predicted molar refractivity (Wildman–Crippen MR) is 91.7 cm³/mol. The van der Waals surface area contributed by atoms with E-state index in [9.17, 15) is 14.0 Å². The largest absolute Gasteiger partial charge is 0.445 e. The number of halogens is 1. The SMILES string of the molecule is CC1=C(SCc2cccc(F)c2)C2C(=O)N(C)C(=O)[N+](C)=C2N=C1. The number of carbonyl (C=O) groups excluding carboxylic acids is 2. The molecule has 1 unspecified atom stereocenters. The number of imide groups is 1. The van der Waals surface area contributed by atoms with Crippen molar-refractivity contribution in [3.63, 3.8) is 0 Å². The van der Waals surface area contributed by atoms with Crippen LogP contribution < -0.4 is 0 Å². The van der Waals surface area contributed by atoms with E-state index in [1.807, 2.05) is 13.0 Å². The number of rotatable bonds is 3. The minimum atomic E-state index is -0.582. The maximum atomic E-state index is 13.3. The van der Waals surface area contributed by atoms with Gasteiger partial charge >= 0.3 is 11.9 Å². The first-order valence-electron chi connectivity index (χ1n) is 7.44. The van der Waals surface area contributed by atoms with Crippen molar-refractivity contribution in [2.24, 2.45) is 10.9 Å². The Morgan fingerprint density at radius 2 is 2.12 bits per heavy atom. The Hall–Kier alpha value is -2.28. The van der Waals surface area contributed by atoms with Gasteiger partial charge < -0.3 is 0 Å². The van der Waals surface area contributed by atoms with Crippen molar-refractivity contribution in [1.29, 1.82) is 0 Å². The third-order valence-electron chi connectivity index (χ3n) is 4.08. The standard InChI is InChI=1S/C17H17FN3O2S/c1-10-8-19-15-13(16(22)21(3)17(23)20(15)2)14(10)24-9-11-5-4-6-12(18)7-11/h4-8,13H,9H2,1-3H3/q+1. The highest BCUT2D eigenvalue weighted by Crippen LogP contribution is 2.36. The highest BCUT2D eigenvalue weighted by Gasteiger charge is 2.47. The van der Waals surface area contributed by atoms with Crippen molar-refractivity contribution < 1.29 is 18.6 Å². The van der Waals surface area contributed by atoms with Gasteiger partial charge in [-0.2, -0.15) is 9.48 Å². The summed E-state index contributed by atoms with van der Waals surface area (Å²) < 4.78 is 14.7. The van der Waals surface area contributed by atoms with Crippen molar-refractivity contribution in [3.8, 4) is 0 Å². The molecule has 5 nitrogen and oxygen atoms in total. The number of allylic oxidation sites excluding steroid dienone is 1. The van der Waals surface area contributed by atoms with Gasteiger partial charge in [-0.1, -0.05) is 12.1 Å². The zero-order valence-corrected chi connectivity index (χ0v) is 14.4. The summed E-state index contributed by atoms with van der Waals surface area (Å²) in [6.07, 6.45) is 1.67. The van der Waals surface area contributed by atoms with Gasteiger partial charge in [0.2, 0.25) is 0 Å². The zero-order chi connectivity index (χ0) is 17.4. The minimum absolute atomic E-state index is 0.282. The Morgan fingerprint density at radius 1 is 1.38 bits per heavy atom. The quantitative estimate of drug-likeness (QED) is 0.791. The number of amides is 3. The number of fused-ring (bicyclic) bond motifs is 1. The number of amidine groups is 1.